The minimum Gasteiger partial charge on any atom is -0.468 e. The molecular formula is C15H17ClN2O2. The summed E-state index contributed by atoms with van der Waals surface area (Å²) in [6.07, 6.45) is 2.05. The minimum atomic E-state index is -0.0515. The number of halogens is 1. The van der Waals surface area contributed by atoms with Gasteiger partial charge in [-0.05, 0) is 31.3 Å². The van der Waals surface area contributed by atoms with Crippen LogP contribution in [0.15, 0.2) is 47.1 Å². The molecule has 0 bridgehead atoms. The summed E-state index contributed by atoms with van der Waals surface area (Å²) < 4.78 is 5.26. The zero-order valence-corrected chi connectivity index (χ0v) is 12.1. The quantitative estimate of drug-likeness (QED) is 0.887. The van der Waals surface area contributed by atoms with E-state index in [4.69, 9.17) is 16.0 Å². The van der Waals surface area contributed by atoms with Crippen LogP contribution in [0.4, 0.5) is 5.69 Å². The summed E-state index contributed by atoms with van der Waals surface area (Å²) >= 11 is 5.99. The first-order valence-corrected chi connectivity index (χ1v) is 6.78. The first-order valence-electron chi connectivity index (χ1n) is 6.40. The Morgan fingerprint density at radius 3 is 2.80 bits per heavy atom. The number of nitrogens with one attached hydrogen (secondary N) is 1. The summed E-state index contributed by atoms with van der Waals surface area (Å²) in [7, 11) is 1.95. The number of rotatable bonds is 6. The smallest absolute Gasteiger partial charge is 0.225 e. The molecule has 2 rings (SSSR count). The zero-order valence-electron chi connectivity index (χ0n) is 11.3. The van der Waals surface area contributed by atoms with Gasteiger partial charge in [0.25, 0.3) is 0 Å². The first-order chi connectivity index (χ1) is 9.65. The molecule has 1 aromatic carbocycles. The number of nitrogens with zero attached hydrogens (tertiary/aromatic N) is 1. The molecule has 2 aromatic rings. The maximum absolute atomic E-state index is 11.9. The molecule has 0 atom stereocenters. The van der Waals surface area contributed by atoms with Crippen LogP contribution in [0.25, 0.3) is 0 Å². The van der Waals surface area contributed by atoms with Gasteiger partial charge in [-0.25, -0.2) is 0 Å². The highest BCUT2D eigenvalue weighted by molar-refractivity contribution is 6.33. The SMILES string of the molecule is CN(CCC(=O)Nc1ccccc1Cl)Cc1ccco1. The van der Waals surface area contributed by atoms with Crippen molar-refractivity contribution in [2.75, 3.05) is 18.9 Å². The van der Waals surface area contributed by atoms with Crippen LogP contribution in [0, 0.1) is 0 Å². The van der Waals surface area contributed by atoms with Gasteiger partial charge in [0.05, 0.1) is 23.5 Å². The molecule has 0 unspecified atom stereocenters. The normalized spacial score (nSPS) is 10.8. The van der Waals surface area contributed by atoms with Gasteiger partial charge < -0.3 is 9.73 Å². The van der Waals surface area contributed by atoms with E-state index < -0.39 is 0 Å². The predicted molar refractivity (Wildman–Crippen MR) is 79.7 cm³/mol. The van der Waals surface area contributed by atoms with E-state index in [-0.39, 0.29) is 5.91 Å². The molecular weight excluding hydrogens is 276 g/mol. The van der Waals surface area contributed by atoms with E-state index in [1.54, 1.807) is 18.4 Å². The molecule has 0 spiro atoms. The molecule has 0 saturated heterocycles. The van der Waals surface area contributed by atoms with Gasteiger partial charge >= 0.3 is 0 Å². The summed E-state index contributed by atoms with van der Waals surface area (Å²) in [5.41, 5.74) is 0.646. The summed E-state index contributed by atoms with van der Waals surface area (Å²) in [6.45, 7) is 1.34. The number of benzene rings is 1. The van der Waals surface area contributed by atoms with Gasteiger partial charge in [-0.15, -0.1) is 0 Å². The van der Waals surface area contributed by atoms with Crippen LogP contribution in [0.1, 0.15) is 12.2 Å². The van der Waals surface area contributed by atoms with E-state index in [0.717, 1.165) is 5.76 Å². The monoisotopic (exact) mass is 292 g/mol. The number of carbonyl (C=O) groups is 1. The lowest BCUT2D eigenvalue weighted by atomic mass is 10.3. The van der Waals surface area contributed by atoms with Gasteiger partial charge in [0.1, 0.15) is 5.76 Å². The second kappa shape index (κ2) is 7.12. The summed E-state index contributed by atoms with van der Waals surface area (Å²) in [5, 5.41) is 3.35. The molecule has 1 N–H and O–H groups in total. The molecule has 0 fully saturated rings. The van der Waals surface area contributed by atoms with Crippen molar-refractivity contribution < 1.29 is 9.21 Å². The van der Waals surface area contributed by atoms with E-state index in [2.05, 4.69) is 5.32 Å². The van der Waals surface area contributed by atoms with Crippen LogP contribution in [-0.2, 0) is 11.3 Å². The molecule has 0 saturated carbocycles. The van der Waals surface area contributed by atoms with E-state index in [0.29, 0.717) is 30.2 Å². The number of amides is 1. The average Bonchev–Trinajstić information content (AvgIpc) is 2.92. The van der Waals surface area contributed by atoms with Gasteiger partial charge in [-0.2, -0.15) is 0 Å². The molecule has 0 aliphatic heterocycles. The van der Waals surface area contributed by atoms with Gasteiger partial charge in [-0.1, -0.05) is 23.7 Å². The third kappa shape index (κ3) is 4.40. The van der Waals surface area contributed by atoms with Crippen molar-refractivity contribution in [1.29, 1.82) is 0 Å². The molecule has 5 heteroatoms. The summed E-state index contributed by atoms with van der Waals surface area (Å²) in [6, 6.07) is 11.0. The third-order valence-electron chi connectivity index (χ3n) is 2.87. The van der Waals surface area contributed by atoms with E-state index in [1.807, 2.05) is 36.2 Å². The molecule has 0 radical (unpaired) electrons. The third-order valence-corrected chi connectivity index (χ3v) is 3.20. The van der Waals surface area contributed by atoms with Crippen molar-refractivity contribution in [3.63, 3.8) is 0 Å². The molecule has 1 aromatic heterocycles. The Balaban J connectivity index is 1.76. The zero-order chi connectivity index (χ0) is 14.4. The highest BCUT2D eigenvalue weighted by atomic mass is 35.5. The van der Waals surface area contributed by atoms with Crippen LogP contribution in [-0.4, -0.2) is 24.4 Å². The second-order valence-corrected chi connectivity index (χ2v) is 5.00. The Morgan fingerprint density at radius 1 is 1.30 bits per heavy atom. The molecule has 20 heavy (non-hydrogen) atoms. The van der Waals surface area contributed by atoms with Crippen molar-refractivity contribution in [1.82, 2.24) is 4.90 Å². The van der Waals surface area contributed by atoms with Crippen molar-refractivity contribution in [2.24, 2.45) is 0 Å². The van der Waals surface area contributed by atoms with Crippen LogP contribution < -0.4 is 5.32 Å². The average molecular weight is 293 g/mol. The van der Waals surface area contributed by atoms with Crippen molar-refractivity contribution in [2.45, 2.75) is 13.0 Å². The standard InChI is InChI=1S/C15H17ClN2O2/c1-18(11-12-5-4-10-20-12)9-8-15(19)17-14-7-3-2-6-13(14)16/h2-7,10H,8-9,11H2,1H3,(H,17,19). The van der Waals surface area contributed by atoms with Crippen molar-refractivity contribution in [3.05, 3.63) is 53.4 Å². The van der Waals surface area contributed by atoms with Gasteiger partial charge in [-0.3, -0.25) is 9.69 Å². The maximum atomic E-state index is 11.9. The minimum absolute atomic E-state index is 0.0515. The van der Waals surface area contributed by atoms with Gasteiger partial charge in [0.15, 0.2) is 0 Å². The number of hydrogen-bond donors (Lipinski definition) is 1. The topological polar surface area (TPSA) is 45.5 Å². The number of anilines is 1. The highest BCUT2D eigenvalue weighted by Crippen LogP contribution is 2.20. The molecule has 0 aliphatic carbocycles. The number of para-hydroxylation sites is 1. The Labute approximate surface area is 123 Å². The molecule has 1 heterocycles. The largest absolute Gasteiger partial charge is 0.468 e. The molecule has 4 nitrogen and oxygen atoms in total. The number of carbonyl (C=O) groups excluding carboxylic acids is 1. The van der Waals surface area contributed by atoms with Crippen LogP contribution in [0.3, 0.4) is 0 Å². The summed E-state index contributed by atoms with van der Waals surface area (Å²) in [4.78, 5) is 13.9. The Bertz CT molecular complexity index is 555. The van der Waals surface area contributed by atoms with Crippen LogP contribution >= 0.6 is 11.6 Å². The van der Waals surface area contributed by atoms with Crippen molar-refractivity contribution in [3.8, 4) is 0 Å². The van der Waals surface area contributed by atoms with Gasteiger partial charge in [0.2, 0.25) is 5.91 Å². The fourth-order valence-electron chi connectivity index (χ4n) is 1.82. The van der Waals surface area contributed by atoms with Gasteiger partial charge in [0, 0.05) is 13.0 Å². The molecule has 0 aliphatic rings. The fourth-order valence-corrected chi connectivity index (χ4v) is 2.00. The lowest BCUT2D eigenvalue weighted by Crippen LogP contribution is -2.23. The first kappa shape index (κ1) is 14.6. The number of hydrogen-bond acceptors (Lipinski definition) is 3. The predicted octanol–water partition coefficient (Wildman–Crippen LogP) is 3.39. The molecule has 1 amide bonds. The maximum Gasteiger partial charge on any atom is 0.225 e. The summed E-state index contributed by atoms with van der Waals surface area (Å²) in [5.74, 6) is 0.836. The Morgan fingerprint density at radius 2 is 2.10 bits per heavy atom. The lowest BCUT2D eigenvalue weighted by Gasteiger charge is -2.15. The van der Waals surface area contributed by atoms with E-state index in [9.17, 15) is 4.79 Å². The van der Waals surface area contributed by atoms with Crippen LogP contribution in [0.5, 0.6) is 0 Å². The fraction of sp³-hybridized carbons (Fsp3) is 0.267. The highest BCUT2D eigenvalue weighted by Gasteiger charge is 2.08. The van der Waals surface area contributed by atoms with E-state index in [1.165, 1.54) is 0 Å². The molecule has 106 valence electrons. The Hall–Kier alpha value is -1.78. The van der Waals surface area contributed by atoms with Crippen LogP contribution in [0.2, 0.25) is 5.02 Å². The second-order valence-electron chi connectivity index (χ2n) is 4.60. The van der Waals surface area contributed by atoms with E-state index >= 15 is 0 Å². The lowest BCUT2D eigenvalue weighted by molar-refractivity contribution is -0.116. The van der Waals surface area contributed by atoms with Crippen molar-refractivity contribution >= 4 is 23.2 Å². The Kier molecular flexibility index (Phi) is 5.21. The number of furan rings is 1.